The van der Waals surface area contributed by atoms with Crippen molar-refractivity contribution in [2.75, 3.05) is 0 Å². The van der Waals surface area contributed by atoms with E-state index in [0.29, 0.717) is 5.78 Å². The third kappa shape index (κ3) is 2.72. The first-order valence-electron chi connectivity index (χ1n) is 7.75. The molecule has 0 heterocycles. The largest absolute Gasteiger partial charge is 0.299 e. The van der Waals surface area contributed by atoms with Crippen LogP contribution in [0.4, 0.5) is 0 Å². The third-order valence-electron chi connectivity index (χ3n) is 5.31. The predicted octanol–water partition coefficient (Wildman–Crippen LogP) is 4.05. The number of carbonyl (C=O) groups excluding carboxylic acids is 1. The molecule has 0 aromatic heterocycles. The fraction of sp³-hybridized carbons (Fsp3) is 0.722. The lowest BCUT2D eigenvalue weighted by atomic mass is 9.59. The van der Waals surface area contributed by atoms with Crippen molar-refractivity contribution >= 4 is 13.9 Å². The van der Waals surface area contributed by atoms with E-state index in [-0.39, 0.29) is 16.7 Å². The molecule has 0 saturated heterocycles. The molecule has 2 fully saturated rings. The Labute approximate surface area is 124 Å². The van der Waals surface area contributed by atoms with Gasteiger partial charge in [0.2, 0.25) is 0 Å². The Morgan fingerprint density at radius 2 is 1.85 bits per heavy atom. The van der Waals surface area contributed by atoms with Crippen LogP contribution in [0, 0.1) is 40.1 Å². The molecule has 0 N–H and O–H groups in total. The highest BCUT2D eigenvalue weighted by Gasteiger charge is 2.57. The summed E-state index contributed by atoms with van der Waals surface area (Å²) in [5, 5.41) is 0. The van der Waals surface area contributed by atoms with E-state index in [1.165, 1.54) is 0 Å². The Morgan fingerprint density at radius 3 is 2.50 bits per heavy atom. The summed E-state index contributed by atoms with van der Waals surface area (Å²) in [6.45, 7) is 11.2. The monoisotopic (exact) mass is 286 g/mol. The van der Waals surface area contributed by atoms with Crippen molar-refractivity contribution in [3.63, 3.8) is 0 Å². The summed E-state index contributed by atoms with van der Waals surface area (Å²) in [6, 6.07) is 0. The fourth-order valence-corrected chi connectivity index (χ4v) is 4.22. The summed E-state index contributed by atoms with van der Waals surface area (Å²) in [4.78, 5) is 12.2. The first-order chi connectivity index (χ1) is 9.18. The minimum atomic E-state index is -1.34. The number of hydrogen-bond acceptors (Lipinski definition) is 1. The van der Waals surface area contributed by atoms with Gasteiger partial charge in [-0.1, -0.05) is 32.5 Å². The second-order valence-electron chi connectivity index (χ2n) is 7.91. The molecule has 2 aliphatic carbocycles. The molecule has 1 unspecified atom stereocenters. The van der Waals surface area contributed by atoms with E-state index in [0.717, 1.165) is 32.1 Å². The normalized spacial score (nSPS) is 36.5. The Balaban J connectivity index is 2.25. The van der Waals surface area contributed by atoms with E-state index in [1.54, 1.807) is 0 Å². The molecule has 2 saturated carbocycles. The molecule has 3 atom stereocenters. The number of fused-ring (bicyclic) bond motifs is 1. The Morgan fingerprint density at radius 1 is 1.15 bits per heavy atom. The van der Waals surface area contributed by atoms with Crippen LogP contribution in [0.1, 0.15) is 46.0 Å². The van der Waals surface area contributed by atoms with Gasteiger partial charge in [0, 0.05) is 17.8 Å². The molecule has 0 bridgehead atoms. The summed E-state index contributed by atoms with van der Waals surface area (Å²) in [6.07, 6.45) is 5.00. The van der Waals surface area contributed by atoms with Crippen molar-refractivity contribution in [1.29, 1.82) is 0 Å². The standard InChI is InChI=1S/C18H26OSi/c1-17(11-6-7-14-20(3,4)5)13-10-15-16(19)9-8-12-18(15,17)2/h15H,8-10,12-13H2,1-5H3/t15-,17-,18?/m0/s1. The van der Waals surface area contributed by atoms with Crippen LogP contribution in [-0.4, -0.2) is 13.9 Å². The summed E-state index contributed by atoms with van der Waals surface area (Å²) in [7, 11) is -1.34. The van der Waals surface area contributed by atoms with Gasteiger partial charge in [0.25, 0.3) is 0 Å². The first kappa shape index (κ1) is 15.4. The highest BCUT2D eigenvalue weighted by atomic mass is 28.3. The van der Waals surface area contributed by atoms with Gasteiger partial charge < -0.3 is 0 Å². The van der Waals surface area contributed by atoms with E-state index < -0.39 is 8.07 Å². The molecule has 2 rings (SSSR count). The first-order valence-corrected chi connectivity index (χ1v) is 11.3. The van der Waals surface area contributed by atoms with E-state index >= 15 is 0 Å². The molecule has 2 heteroatoms. The van der Waals surface area contributed by atoms with Crippen LogP contribution in [0.25, 0.3) is 0 Å². The van der Waals surface area contributed by atoms with E-state index in [9.17, 15) is 4.79 Å². The number of ketones is 1. The average molecular weight is 286 g/mol. The van der Waals surface area contributed by atoms with Crippen molar-refractivity contribution in [2.45, 2.75) is 65.6 Å². The second kappa shape index (κ2) is 5.08. The maximum Gasteiger partial charge on any atom is 0.136 e. The fourth-order valence-electron chi connectivity index (χ4n) is 3.79. The van der Waals surface area contributed by atoms with Crippen molar-refractivity contribution in [3.05, 3.63) is 0 Å². The summed E-state index contributed by atoms with van der Waals surface area (Å²) < 4.78 is 0. The summed E-state index contributed by atoms with van der Waals surface area (Å²) in [5.41, 5.74) is 3.33. The molecule has 0 radical (unpaired) electrons. The van der Waals surface area contributed by atoms with Gasteiger partial charge in [-0.15, -0.1) is 5.54 Å². The van der Waals surface area contributed by atoms with E-state index in [4.69, 9.17) is 0 Å². The van der Waals surface area contributed by atoms with Gasteiger partial charge in [0.05, 0.1) is 0 Å². The van der Waals surface area contributed by atoms with Gasteiger partial charge >= 0.3 is 0 Å². The Bertz CT molecular complexity index is 534. The molecular weight excluding hydrogens is 260 g/mol. The molecule has 0 aromatic carbocycles. The van der Waals surface area contributed by atoms with Crippen LogP contribution in [0.15, 0.2) is 0 Å². The molecule has 0 aliphatic heterocycles. The van der Waals surface area contributed by atoms with Crippen molar-refractivity contribution in [1.82, 2.24) is 0 Å². The van der Waals surface area contributed by atoms with Crippen molar-refractivity contribution < 1.29 is 4.79 Å². The topological polar surface area (TPSA) is 17.1 Å². The lowest BCUT2D eigenvalue weighted by Gasteiger charge is -2.43. The van der Waals surface area contributed by atoms with Crippen LogP contribution in [0.5, 0.6) is 0 Å². The van der Waals surface area contributed by atoms with Crippen molar-refractivity contribution in [2.24, 2.45) is 16.7 Å². The van der Waals surface area contributed by atoms with Crippen LogP contribution < -0.4 is 0 Å². The molecule has 1 nitrogen and oxygen atoms in total. The zero-order valence-corrected chi connectivity index (χ0v) is 14.5. The molecule has 0 spiro atoms. The number of hydrogen-bond donors (Lipinski definition) is 0. The van der Waals surface area contributed by atoms with Crippen LogP contribution in [-0.2, 0) is 4.79 Å². The van der Waals surface area contributed by atoms with Gasteiger partial charge in [-0.2, -0.15) is 0 Å². The van der Waals surface area contributed by atoms with Gasteiger partial charge in [0.15, 0.2) is 0 Å². The zero-order valence-electron chi connectivity index (χ0n) is 13.5. The molecular formula is C18H26OSi. The molecule has 20 heavy (non-hydrogen) atoms. The minimum Gasteiger partial charge on any atom is -0.299 e. The third-order valence-corrected chi connectivity index (χ3v) is 6.18. The average Bonchev–Trinajstić information content (AvgIpc) is 2.58. The molecule has 0 aromatic rings. The molecule has 2 aliphatic rings. The quantitative estimate of drug-likeness (QED) is 0.485. The second-order valence-corrected chi connectivity index (χ2v) is 12.7. The zero-order chi connectivity index (χ0) is 15.0. The maximum atomic E-state index is 12.2. The highest BCUT2D eigenvalue weighted by molar-refractivity contribution is 6.83. The summed E-state index contributed by atoms with van der Waals surface area (Å²) >= 11 is 0. The van der Waals surface area contributed by atoms with Gasteiger partial charge in [0.1, 0.15) is 13.9 Å². The molecule has 0 amide bonds. The minimum absolute atomic E-state index is 0.0398. The smallest absolute Gasteiger partial charge is 0.136 e. The lowest BCUT2D eigenvalue weighted by Crippen LogP contribution is -2.42. The lowest BCUT2D eigenvalue weighted by molar-refractivity contribution is -0.130. The van der Waals surface area contributed by atoms with Gasteiger partial charge in [-0.3, -0.25) is 4.79 Å². The molecule has 108 valence electrons. The van der Waals surface area contributed by atoms with E-state index in [2.05, 4.69) is 56.8 Å². The number of rotatable bonds is 0. The van der Waals surface area contributed by atoms with Crippen LogP contribution in [0.3, 0.4) is 0 Å². The Kier molecular flexibility index (Phi) is 3.91. The maximum absolute atomic E-state index is 12.2. The van der Waals surface area contributed by atoms with Crippen LogP contribution in [0.2, 0.25) is 19.6 Å². The van der Waals surface area contributed by atoms with Gasteiger partial charge in [-0.25, -0.2) is 0 Å². The number of Topliss-reactive ketones (excluding diaryl/α,β-unsaturated/α-hetero) is 1. The van der Waals surface area contributed by atoms with E-state index in [1.807, 2.05) is 0 Å². The SMILES string of the molecule is CC12CCCC(=O)[C@@H]1CC[C@]2(C)C#CC#C[Si](C)(C)C. The highest BCUT2D eigenvalue weighted by Crippen LogP contribution is 2.60. The van der Waals surface area contributed by atoms with Gasteiger partial charge in [-0.05, 0) is 49.9 Å². The predicted molar refractivity (Wildman–Crippen MR) is 86.7 cm³/mol. The number of carbonyl (C=O) groups is 1. The van der Waals surface area contributed by atoms with Crippen LogP contribution >= 0.6 is 0 Å². The Hall–Kier alpha value is -0.993. The van der Waals surface area contributed by atoms with Crippen molar-refractivity contribution in [3.8, 4) is 23.3 Å². The summed E-state index contributed by atoms with van der Waals surface area (Å²) in [5.74, 6) is 10.3.